The SMILES string of the molecule is c1ccc2c(c1)ccc1cccc(N(c3ccc(-c4cccc5c4oc4ccccc45)cc3)c3ccc(-c4cccc5c4oc4ccccc45)cc3)c12. The molecule has 3 nitrogen and oxygen atoms in total. The van der Waals surface area contributed by atoms with Crippen LogP contribution in [0.5, 0.6) is 0 Å². The maximum atomic E-state index is 6.42. The van der Waals surface area contributed by atoms with Gasteiger partial charge >= 0.3 is 0 Å². The maximum Gasteiger partial charge on any atom is 0.143 e. The van der Waals surface area contributed by atoms with Crippen LogP contribution >= 0.6 is 0 Å². The third kappa shape index (κ3) is 4.68. The molecule has 0 saturated carbocycles. The molecule has 0 aliphatic heterocycles. The molecule has 11 aromatic rings. The number of hydrogen-bond acceptors (Lipinski definition) is 3. The number of furan rings is 2. The van der Waals surface area contributed by atoms with Crippen molar-refractivity contribution in [3.63, 3.8) is 0 Å². The van der Waals surface area contributed by atoms with Crippen LogP contribution < -0.4 is 4.90 Å². The average molecular weight is 678 g/mol. The van der Waals surface area contributed by atoms with E-state index >= 15 is 0 Å². The lowest BCUT2D eigenvalue weighted by Crippen LogP contribution is -2.10. The first kappa shape index (κ1) is 29.6. The van der Waals surface area contributed by atoms with E-state index in [0.29, 0.717) is 0 Å². The van der Waals surface area contributed by atoms with Crippen LogP contribution in [0.4, 0.5) is 17.1 Å². The van der Waals surface area contributed by atoms with Crippen LogP contribution in [0.1, 0.15) is 0 Å². The molecular formula is C50H31NO2. The van der Waals surface area contributed by atoms with Gasteiger partial charge in [0.1, 0.15) is 22.3 Å². The summed E-state index contributed by atoms with van der Waals surface area (Å²) in [7, 11) is 0. The quantitative estimate of drug-likeness (QED) is 0.170. The van der Waals surface area contributed by atoms with Gasteiger partial charge in [0.05, 0.1) is 5.69 Å². The zero-order chi connectivity index (χ0) is 34.9. The van der Waals surface area contributed by atoms with Gasteiger partial charge in [0.15, 0.2) is 0 Å². The van der Waals surface area contributed by atoms with Crippen LogP contribution in [0, 0.1) is 0 Å². The minimum atomic E-state index is 0.904. The van der Waals surface area contributed by atoms with Crippen molar-refractivity contribution in [3.05, 3.63) is 188 Å². The highest BCUT2D eigenvalue weighted by Crippen LogP contribution is 2.44. The Kier molecular flexibility index (Phi) is 6.55. The lowest BCUT2D eigenvalue weighted by Gasteiger charge is -2.28. The Hall–Kier alpha value is -7.10. The van der Waals surface area contributed by atoms with Crippen molar-refractivity contribution in [2.24, 2.45) is 0 Å². The Bertz CT molecular complexity index is 3010. The smallest absolute Gasteiger partial charge is 0.143 e. The fraction of sp³-hybridized carbons (Fsp3) is 0. The third-order valence-corrected chi connectivity index (χ3v) is 10.7. The lowest BCUT2D eigenvalue weighted by atomic mass is 9.98. The molecule has 2 heterocycles. The second-order valence-electron chi connectivity index (χ2n) is 13.7. The van der Waals surface area contributed by atoms with Gasteiger partial charge in [-0.05, 0) is 69.8 Å². The molecule has 0 N–H and O–H groups in total. The topological polar surface area (TPSA) is 29.5 Å². The monoisotopic (exact) mass is 677 g/mol. The van der Waals surface area contributed by atoms with Crippen molar-refractivity contribution in [2.45, 2.75) is 0 Å². The Morgan fingerprint density at radius 3 is 1.36 bits per heavy atom. The molecule has 0 spiro atoms. The zero-order valence-corrected chi connectivity index (χ0v) is 28.7. The van der Waals surface area contributed by atoms with Crippen LogP contribution in [0.25, 0.3) is 87.7 Å². The number of fused-ring (bicyclic) bond motifs is 9. The fourth-order valence-corrected chi connectivity index (χ4v) is 8.18. The Morgan fingerprint density at radius 2 is 0.774 bits per heavy atom. The van der Waals surface area contributed by atoms with E-state index in [1.807, 2.05) is 24.3 Å². The Balaban J connectivity index is 1.07. The molecule has 2 aromatic heterocycles. The summed E-state index contributed by atoms with van der Waals surface area (Å²) < 4.78 is 12.8. The molecule has 0 aliphatic carbocycles. The van der Waals surface area contributed by atoms with Gasteiger partial charge in [-0.15, -0.1) is 0 Å². The predicted octanol–water partition coefficient (Wildman–Crippen LogP) is 14.6. The van der Waals surface area contributed by atoms with Crippen molar-refractivity contribution in [1.29, 1.82) is 0 Å². The standard InChI is InChI=1S/C50H31NO2/c1-2-12-38-32(10-1)22-23-35-11-7-19-45(48(35)38)51(36-28-24-33(25-29-36)39-15-8-17-43-41-13-3-5-20-46(41)52-49(39)43)37-30-26-34(27-31-37)40-16-9-18-44-42-14-4-6-21-47(42)53-50(40)44/h1-31H. The summed E-state index contributed by atoms with van der Waals surface area (Å²) >= 11 is 0. The molecule has 0 atom stereocenters. The van der Waals surface area contributed by atoms with Gasteiger partial charge in [-0.25, -0.2) is 0 Å². The molecule has 0 fully saturated rings. The van der Waals surface area contributed by atoms with Crippen molar-refractivity contribution in [1.82, 2.24) is 0 Å². The van der Waals surface area contributed by atoms with Gasteiger partial charge in [0, 0.05) is 49.4 Å². The second kappa shape index (κ2) is 11.7. The summed E-state index contributed by atoms with van der Waals surface area (Å²) in [6.07, 6.45) is 0. The van der Waals surface area contributed by atoms with Gasteiger partial charge in [-0.3, -0.25) is 0 Å². The minimum absolute atomic E-state index is 0.904. The summed E-state index contributed by atoms with van der Waals surface area (Å²) in [6, 6.07) is 66.8. The van der Waals surface area contributed by atoms with Gasteiger partial charge in [-0.1, -0.05) is 146 Å². The summed E-state index contributed by atoms with van der Waals surface area (Å²) in [6.45, 7) is 0. The van der Waals surface area contributed by atoms with Crippen LogP contribution in [0.15, 0.2) is 197 Å². The molecule has 0 bridgehead atoms. The summed E-state index contributed by atoms with van der Waals surface area (Å²) in [5.41, 5.74) is 11.3. The Labute approximate surface area is 305 Å². The first-order valence-corrected chi connectivity index (χ1v) is 18.0. The first-order valence-electron chi connectivity index (χ1n) is 18.0. The van der Waals surface area contributed by atoms with Crippen molar-refractivity contribution < 1.29 is 8.83 Å². The third-order valence-electron chi connectivity index (χ3n) is 10.7. The zero-order valence-electron chi connectivity index (χ0n) is 28.7. The predicted molar refractivity (Wildman–Crippen MR) is 222 cm³/mol. The van der Waals surface area contributed by atoms with Gasteiger partial charge < -0.3 is 13.7 Å². The van der Waals surface area contributed by atoms with Crippen LogP contribution in [0.3, 0.4) is 0 Å². The van der Waals surface area contributed by atoms with E-state index in [1.54, 1.807) is 0 Å². The molecule has 0 radical (unpaired) electrons. The molecular weight excluding hydrogens is 647 g/mol. The van der Waals surface area contributed by atoms with Crippen LogP contribution in [-0.4, -0.2) is 0 Å². The molecule has 0 amide bonds. The minimum Gasteiger partial charge on any atom is -0.455 e. The number of rotatable bonds is 5. The van der Waals surface area contributed by atoms with E-state index in [1.165, 1.54) is 21.5 Å². The molecule has 11 rings (SSSR count). The van der Waals surface area contributed by atoms with Gasteiger partial charge in [-0.2, -0.15) is 0 Å². The largest absolute Gasteiger partial charge is 0.455 e. The van der Waals surface area contributed by atoms with E-state index in [0.717, 1.165) is 83.2 Å². The fourth-order valence-electron chi connectivity index (χ4n) is 8.18. The highest BCUT2D eigenvalue weighted by atomic mass is 16.3. The number of anilines is 3. The number of para-hydroxylation sites is 4. The summed E-state index contributed by atoms with van der Waals surface area (Å²) in [5, 5.41) is 9.40. The van der Waals surface area contributed by atoms with Crippen LogP contribution in [-0.2, 0) is 0 Å². The molecule has 0 unspecified atom stereocenters. The van der Waals surface area contributed by atoms with E-state index < -0.39 is 0 Å². The molecule has 0 saturated heterocycles. The lowest BCUT2D eigenvalue weighted by molar-refractivity contribution is 0.669. The number of hydrogen-bond donors (Lipinski definition) is 0. The van der Waals surface area contributed by atoms with Gasteiger partial charge in [0.25, 0.3) is 0 Å². The van der Waals surface area contributed by atoms with Crippen molar-refractivity contribution in [3.8, 4) is 22.3 Å². The van der Waals surface area contributed by atoms with Gasteiger partial charge in [0.2, 0.25) is 0 Å². The Morgan fingerprint density at radius 1 is 0.321 bits per heavy atom. The average Bonchev–Trinajstić information content (AvgIpc) is 3.80. The molecule has 9 aromatic carbocycles. The number of benzene rings is 9. The molecule has 53 heavy (non-hydrogen) atoms. The summed E-state index contributed by atoms with van der Waals surface area (Å²) in [5.74, 6) is 0. The molecule has 3 heteroatoms. The van der Waals surface area contributed by atoms with Crippen molar-refractivity contribution >= 4 is 82.5 Å². The maximum absolute atomic E-state index is 6.42. The van der Waals surface area contributed by atoms with Crippen molar-refractivity contribution in [2.75, 3.05) is 4.90 Å². The van der Waals surface area contributed by atoms with E-state index in [9.17, 15) is 0 Å². The highest BCUT2D eigenvalue weighted by Gasteiger charge is 2.19. The van der Waals surface area contributed by atoms with E-state index in [4.69, 9.17) is 8.83 Å². The highest BCUT2D eigenvalue weighted by molar-refractivity contribution is 6.15. The van der Waals surface area contributed by atoms with E-state index in [2.05, 4.69) is 169 Å². The first-order chi connectivity index (χ1) is 26.3. The normalized spacial score (nSPS) is 11.8. The molecule has 0 aliphatic rings. The van der Waals surface area contributed by atoms with E-state index in [-0.39, 0.29) is 0 Å². The summed E-state index contributed by atoms with van der Waals surface area (Å²) in [4.78, 5) is 2.38. The number of nitrogens with zero attached hydrogens (tertiary/aromatic N) is 1. The van der Waals surface area contributed by atoms with Crippen LogP contribution in [0.2, 0.25) is 0 Å². The second-order valence-corrected chi connectivity index (χ2v) is 13.7. The molecule has 248 valence electrons.